The van der Waals surface area contributed by atoms with E-state index >= 15 is 0 Å². The maximum atomic E-state index is 11.6. The van der Waals surface area contributed by atoms with Crippen molar-refractivity contribution in [1.82, 2.24) is 15.3 Å². The first-order chi connectivity index (χ1) is 13.1. The van der Waals surface area contributed by atoms with Gasteiger partial charge >= 0.3 is 11.1 Å². The van der Waals surface area contributed by atoms with Gasteiger partial charge in [-0.15, -0.1) is 12.4 Å². The van der Waals surface area contributed by atoms with Gasteiger partial charge < -0.3 is 15.3 Å². The van der Waals surface area contributed by atoms with Crippen LogP contribution >= 0.6 is 12.4 Å². The zero-order valence-corrected chi connectivity index (χ0v) is 16.3. The second-order valence-corrected chi connectivity index (χ2v) is 7.55. The summed E-state index contributed by atoms with van der Waals surface area (Å²) < 4.78 is 22.5. The Bertz CT molecular complexity index is 1280. The molecule has 0 unspecified atom stereocenters. The number of nitrogens with zero attached hydrogens (tertiary/aromatic N) is 1. The molecule has 0 spiro atoms. The highest BCUT2D eigenvalue weighted by Gasteiger charge is 2.14. The summed E-state index contributed by atoms with van der Waals surface area (Å²) in [5, 5.41) is 19.2. The minimum atomic E-state index is -3.77. The third-order valence-corrected chi connectivity index (χ3v) is 4.93. The van der Waals surface area contributed by atoms with Crippen LogP contribution < -0.4 is 21.6 Å². The molecular formula is C16H16ClN5O6S. The topological polar surface area (TPSA) is 181 Å². The Kier molecular flexibility index (Phi) is 6.54. The first-order valence-corrected chi connectivity index (χ1v) is 9.46. The SMILES string of the molecule is Cl.NS(=O)(=O)c1ccc(CNCc2cc([N+](=O)[O-])cc3[nH]c(=O)c(=O)[nH]c23)cc1. The van der Waals surface area contributed by atoms with Crippen LogP contribution in [0.1, 0.15) is 11.1 Å². The van der Waals surface area contributed by atoms with E-state index in [1.54, 1.807) is 12.1 Å². The van der Waals surface area contributed by atoms with E-state index in [9.17, 15) is 28.1 Å². The molecule has 1 aromatic heterocycles. The molecule has 0 aliphatic heterocycles. The van der Waals surface area contributed by atoms with E-state index in [0.717, 1.165) is 5.56 Å². The molecule has 0 saturated carbocycles. The van der Waals surface area contributed by atoms with Gasteiger partial charge in [-0.1, -0.05) is 12.1 Å². The van der Waals surface area contributed by atoms with Gasteiger partial charge in [0.15, 0.2) is 0 Å². The van der Waals surface area contributed by atoms with Crippen LogP contribution in [0.25, 0.3) is 11.0 Å². The number of benzene rings is 2. The number of rotatable bonds is 6. The Morgan fingerprint density at radius 3 is 2.24 bits per heavy atom. The van der Waals surface area contributed by atoms with E-state index in [1.807, 2.05) is 0 Å². The minimum absolute atomic E-state index is 0. The van der Waals surface area contributed by atoms with Crippen LogP contribution in [-0.2, 0) is 23.1 Å². The lowest BCUT2D eigenvalue weighted by Crippen LogP contribution is -2.29. The normalized spacial score (nSPS) is 11.2. The Morgan fingerprint density at radius 2 is 1.66 bits per heavy atom. The zero-order chi connectivity index (χ0) is 20.5. The molecule has 0 bridgehead atoms. The van der Waals surface area contributed by atoms with Gasteiger partial charge in [-0.05, 0) is 23.3 Å². The third-order valence-electron chi connectivity index (χ3n) is 4.01. The number of primary sulfonamides is 1. The Balaban J connectivity index is 0.00000300. The van der Waals surface area contributed by atoms with Gasteiger partial charge in [-0.2, -0.15) is 0 Å². The summed E-state index contributed by atoms with van der Waals surface area (Å²) in [6.07, 6.45) is 0. The summed E-state index contributed by atoms with van der Waals surface area (Å²) in [6, 6.07) is 8.37. The number of fused-ring (bicyclic) bond motifs is 1. The Labute approximate surface area is 169 Å². The Morgan fingerprint density at radius 1 is 1.03 bits per heavy atom. The molecule has 0 saturated heterocycles. The summed E-state index contributed by atoms with van der Waals surface area (Å²) in [4.78, 5) is 38.3. The molecule has 0 atom stereocenters. The molecule has 0 fully saturated rings. The number of aromatic nitrogens is 2. The van der Waals surface area contributed by atoms with Gasteiger partial charge in [0.25, 0.3) is 5.69 Å². The maximum Gasteiger partial charge on any atom is 0.314 e. The van der Waals surface area contributed by atoms with Gasteiger partial charge in [-0.25, -0.2) is 13.6 Å². The lowest BCUT2D eigenvalue weighted by molar-refractivity contribution is -0.384. The van der Waals surface area contributed by atoms with Crippen LogP contribution in [0, 0.1) is 10.1 Å². The van der Waals surface area contributed by atoms with Crippen LogP contribution in [0.3, 0.4) is 0 Å². The number of sulfonamides is 1. The van der Waals surface area contributed by atoms with Gasteiger partial charge in [-0.3, -0.25) is 19.7 Å². The van der Waals surface area contributed by atoms with Crippen molar-refractivity contribution in [1.29, 1.82) is 0 Å². The second kappa shape index (κ2) is 8.53. The van der Waals surface area contributed by atoms with E-state index in [2.05, 4.69) is 15.3 Å². The average Bonchev–Trinajstić information content (AvgIpc) is 2.62. The van der Waals surface area contributed by atoms with Crippen molar-refractivity contribution in [2.45, 2.75) is 18.0 Å². The smallest absolute Gasteiger partial charge is 0.314 e. The van der Waals surface area contributed by atoms with Crippen molar-refractivity contribution in [2.24, 2.45) is 5.14 Å². The molecule has 29 heavy (non-hydrogen) atoms. The summed E-state index contributed by atoms with van der Waals surface area (Å²) in [7, 11) is -3.77. The molecule has 2 aromatic carbocycles. The number of hydrogen-bond donors (Lipinski definition) is 4. The molecule has 0 aliphatic rings. The fraction of sp³-hybridized carbons (Fsp3) is 0.125. The number of nitro groups is 1. The predicted molar refractivity (Wildman–Crippen MR) is 107 cm³/mol. The van der Waals surface area contributed by atoms with E-state index in [4.69, 9.17) is 5.14 Å². The van der Waals surface area contributed by atoms with Crippen LogP contribution in [0.4, 0.5) is 5.69 Å². The first kappa shape index (κ1) is 22.2. The lowest BCUT2D eigenvalue weighted by Gasteiger charge is -2.09. The first-order valence-electron chi connectivity index (χ1n) is 7.91. The molecule has 0 radical (unpaired) electrons. The molecule has 3 aromatic rings. The number of nitrogens with one attached hydrogen (secondary N) is 3. The summed E-state index contributed by atoms with van der Waals surface area (Å²) in [6.45, 7) is 0.472. The highest BCUT2D eigenvalue weighted by molar-refractivity contribution is 7.89. The quantitative estimate of drug-likeness (QED) is 0.243. The molecule has 3 rings (SSSR count). The number of nitro benzene ring substituents is 1. The van der Waals surface area contributed by atoms with Gasteiger partial charge in [0.05, 0.1) is 20.9 Å². The van der Waals surface area contributed by atoms with Crippen molar-refractivity contribution in [3.05, 3.63) is 78.3 Å². The van der Waals surface area contributed by atoms with Crippen molar-refractivity contribution in [3.8, 4) is 0 Å². The fourth-order valence-corrected chi connectivity index (χ4v) is 3.18. The summed E-state index contributed by atoms with van der Waals surface area (Å²) >= 11 is 0. The number of nitrogens with two attached hydrogens (primary N) is 1. The molecule has 0 aliphatic carbocycles. The number of aromatic amines is 2. The standard InChI is InChI=1S/C16H15N5O6S.ClH/c17-28(26,27)12-3-1-9(2-4-12)7-18-8-10-5-11(21(24)25)6-13-14(10)20-16(23)15(22)19-13;/h1-6,18H,7-8H2,(H,19,22)(H,20,23)(H2,17,26,27);1H. The van der Waals surface area contributed by atoms with E-state index in [-0.39, 0.29) is 40.6 Å². The van der Waals surface area contributed by atoms with Crippen LogP contribution in [0.2, 0.25) is 0 Å². The molecule has 11 nitrogen and oxygen atoms in total. The van der Waals surface area contributed by atoms with Crippen LogP contribution in [0.5, 0.6) is 0 Å². The monoisotopic (exact) mass is 441 g/mol. The molecule has 13 heteroatoms. The summed E-state index contributed by atoms with van der Waals surface area (Å²) in [5.41, 5.74) is -0.393. The number of hydrogen-bond acceptors (Lipinski definition) is 7. The van der Waals surface area contributed by atoms with E-state index in [0.29, 0.717) is 12.1 Å². The zero-order valence-electron chi connectivity index (χ0n) is 14.7. The highest BCUT2D eigenvalue weighted by atomic mass is 35.5. The minimum Gasteiger partial charge on any atom is -0.316 e. The largest absolute Gasteiger partial charge is 0.316 e. The van der Waals surface area contributed by atoms with Crippen molar-refractivity contribution in [2.75, 3.05) is 0 Å². The fourth-order valence-electron chi connectivity index (χ4n) is 2.66. The van der Waals surface area contributed by atoms with Gasteiger partial charge in [0.1, 0.15) is 0 Å². The number of halogens is 1. The average molecular weight is 442 g/mol. The van der Waals surface area contributed by atoms with Gasteiger partial charge in [0, 0.05) is 25.2 Å². The summed E-state index contributed by atoms with van der Waals surface area (Å²) in [5.74, 6) is 0. The maximum absolute atomic E-state index is 11.6. The van der Waals surface area contributed by atoms with Crippen molar-refractivity contribution >= 4 is 39.2 Å². The Hall–Kier alpha value is -3.06. The number of H-pyrrole nitrogens is 2. The second-order valence-electron chi connectivity index (χ2n) is 5.99. The number of non-ortho nitro benzene ring substituents is 1. The third kappa shape index (κ3) is 5.06. The lowest BCUT2D eigenvalue weighted by atomic mass is 10.1. The van der Waals surface area contributed by atoms with Crippen molar-refractivity contribution in [3.63, 3.8) is 0 Å². The van der Waals surface area contributed by atoms with Crippen LogP contribution in [-0.4, -0.2) is 23.3 Å². The predicted octanol–water partition coefficient (Wildman–Crippen LogP) is 0.484. The molecule has 154 valence electrons. The van der Waals surface area contributed by atoms with Gasteiger partial charge in [0.2, 0.25) is 10.0 Å². The van der Waals surface area contributed by atoms with Crippen LogP contribution in [0.15, 0.2) is 50.9 Å². The van der Waals surface area contributed by atoms with E-state index < -0.39 is 26.1 Å². The van der Waals surface area contributed by atoms with Crippen molar-refractivity contribution < 1.29 is 13.3 Å². The molecular weight excluding hydrogens is 426 g/mol. The highest BCUT2D eigenvalue weighted by Crippen LogP contribution is 2.21. The molecule has 1 heterocycles. The molecule has 5 N–H and O–H groups in total. The molecule has 0 amide bonds. The van der Waals surface area contributed by atoms with E-state index in [1.165, 1.54) is 24.3 Å².